The van der Waals surface area contributed by atoms with Gasteiger partial charge in [0.05, 0.1) is 11.9 Å². The van der Waals surface area contributed by atoms with E-state index in [9.17, 15) is 0 Å². The Morgan fingerprint density at radius 3 is 2.52 bits per heavy atom. The lowest BCUT2D eigenvalue weighted by atomic mass is 10.3. The Morgan fingerprint density at radius 2 is 1.78 bits per heavy atom. The molecule has 0 fully saturated rings. The molecule has 0 aliphatic heterocycles. The minimum absolute atomic E-state index is 0.196. The zero-order valence-electron chi connectivity index (χ0n) is 12.2. The number of halogens is 1. The van der Waals surface area contributed by atoms with Crippen LogP contribution in [-0.4, -0.2) is 21.4 Å². The summed E-state index contributed by atoms with van der Waals surface area (Å²) in [4.78, 5) is 0. The lowest BCUT2D eigenvalue weighted by Gasteiger charge is -2.06. The van der Waals surface area contributed by atoms with Crippen molar-refractivity contribution in [1.82, 2.24) is 9.24 Å². The van der Waals surface area contributed by atoms with Crippen molar-refractivity contribution in [3.05, 3.63) is 77.8 Å². The molecule has 2 heterocycles. The molecule has 7 heteroatoms. The molecule has 3 N–H and O–H groups in total. The van der Waals surface area contributed by atoms with E-state index < -0.39 is 0 Å². The Labute approximate surface area is 138 Å². The Bertz CT molecular complexity index is 815. The first-order valence-corrected chi connectivity index (χ1v) is 7.30. The van der Waals surface area contributed by atoms with E-state index in [4.69, 9.17) is 17.3 Å². The summed E-state index contributed by atoms with van der Waals surface area (Å²) in [6.45, 7) is 0. The summed E-state index contributed by atoms with van der Waals surface area (Å²) in [6.07, 6.45) is 7.21. The summed E-state index contributed by atoms with van der Waals surface area (Å²) in [7, 11) is 0. The smallest absolute Gasteiger partial charge is 0.233 e. The Morgan fingerprint density at radius 1 is 1.04 bits per heavy atom. The predicted octanol–water partition coefficient (Wildman–Crippen LogP) is 2.82. The summed E-state index contributed by atoms with van der Waals surface area (Å²) < 4.78 is 3.66. The third-order valence-electron chi connectivity index (χ3n) is 3.09. The summed E-state index contributed by atoms with van der Waals surface area (Å²) in [6, 6.07) is 15.2. The molecule has 0 spiro atoms. The first-order chi connectivity index (χ1) is 11.2. The molecule has 0 saturated heterocycles. The van der Waals surface area contributed by atoms with Crippen LogP contribution in [0.4, 0.5) is 0 Å². The van der Waals surface area contributed by atoms with Crippen LogP contribution in [0.2, 0.25) is 5.02 Å². The number of nitrogens with two attached hydrogens (primary N) is 1. The second kappa shape index (κ2) is 6.85. The van der Waals surface area contributed by atoms with E-state index in [2.05, 4.69) is 15.6 Å². The number of hydrogen-bond acceptors (Lipinski definition) is 2. The second-order valence-electron chi connectivity index (χ2n) is 4.71. The Kier molecular flexibility index (Phi) is 4.44. The van der Waals surface area contributed by atoms with Crippen LogP contribution in [0, 0.1) is 0 Å². The molecule has 3 aromatic rings. The van der Waals surface area contributed by atoms with Gasteiger partial charge in [0.15, 0.2) is 0 Å². The number of hydrogen-bond donors (Lipinski definition) is 2. The second-order valence-corrected chi connectivity index (χ2v) is 5.15. The first-order valence-electron chi connectivity index (χ1n) is 6.92. The third kappa shape index (κ3) is 3.81. The highest BCUT2D eigenvalue weighted by Crippen LogP contribution is 2.15. The van der Waals surface area contributed by atoms with Crippen LogP contribution >= 0.6 is 11.6 Å². The van der Waals surface area contributed by atoms with E-state index in [-0.39, 0.29) is 5.96 Å². The molecule has 2 aromatic heterocycles. The van der Waals surface area contributed by atoms with Gasteiger partial charge in [0.1, 0.15) is 0 Å². The molecule has 1 aromatic carbocycles. The molecule has 0 unspecified atom stereocenters. The van der Waals surface area contributed by atoms with Crippen LogP contribution in [0.1, 0.15) is 5.69 Å². The van der Waals surface area contributed by atoms with E-state index in [0.717, 1.165) is 11.4 Å². The normalized spacial score (nSPS) is 12.0. The van der Waals surface area contributed by atoms with Crippen molar-refractivity contribution < 1.29 is 0 Å². The van der Waals surface area contributed by atoms with Gasteiger partial charge in [-0.25, -0.2) is 0 Å². The quantitative estimate of drug-likeness (QED) is 0.439. The molecule has 0 atom stereocenters. The minimum atomic E-state index is 0.196. The number of nitrogens with one attached hydrogen (secondary N) is 1. The van der Waals surface area contributed by atoms with Crippen LogP contribution in [-0.2, 0) is 0 Å². The molecule has 0 aliphatic rings. The number of nitrogens with zero attached hydrogens (tertiary/aromatic N) is 4. The molecule has 0 bridgehead atoms. The number of rotatable bonds is 4. The predicted molar refractivity (Wildman–Crippen MR) is 93.8 cm³/mol. The van der Waals surface area contributed by atoms with Crippen LogP contribution in [0.15, 0.2) is 77.3 Å². The zero-order chi connectivity index (χ0) is 16.1. The lowest BCUT2D eigenvalue weighted by Crippen LogP contribution is -2.28. The first kappa shape index (κ1) is 14.9. The fraction of sp³-hybridized carbons (Fsp3) is 0. The molecule has 0 aliphatic carbocycles. The molecule has 23 heavy (non-hydrogen) atoms. The number of benzene rings is 1. The van der Waals surface area contributed by atoms with Crippen LogP contribution in [0.25, 0.3) is 5.69 Å². The van der Waals surface area contributed by atoms with Gasteiger partial charge in [0, 0.05) is 29.3 Å². The van der Waals surface area contributed by atoms with Gasteiger partial charge in [-0.05, 0) is 48.5 Å². The fourth-order valence-electron chi connectivity index (χ4n) is 2.05. The van der Waals surface area contributed by atoms with E-state index in [0.29, 0.717) is 5.02 Å². The average Bonchev–Trinajstić information content (AvgIpc) is 3.20. The van der Waals surface area contributed by atoms with Gasteiger partial charge in [0.25, 0.3) is 0 Å². The summed E-state index contributed by atoms with van der Waals surface area (Å²) in [5.74, 6) is 0.196. The van der Waals surface area contributed by atoms with E-state index in [1.54, 1.807) is 10.9 Å². The van der Waals surface area contributed by atoms with Crippen molar-refractivity contribution in [2.24, 2.45) is 15.9 Å². The van der Waals surface area contributed by atoms with Gasteiger partial charge in [0.2, 0.25) is 5.96 Å². The van der Waals surface area contributed by atoms with Crippen molar-refractivity contribution in [2.45, 2.75) is 0 Å². The van der Waals surface area contributed by atoms with Gasteiger partial charge in [-0.2, -0.15) is 5.10 Å². The topological polar surface area (TPSA) is 72.6 Å². The molecule has 0 radical (unpaired) electrons. The molecule has 116 valence electrons. The fourth-order valence-corrected chi connectivity index (χ4v) is 2.18. The summed E-state index contributed by atoms with van der Waals surface area (Å²) in [5.41, 5.74) is 10.5. The van der Waals surface area contributed by atoms with Gasteiger partial charge in [-0.15, -0.1) is 5.10 Å². The van der Waals surface area contributed by atoms with Gasteiger partial charge in [-0.3, -0.25) is 10.1 Å². The monoisotopic (exact) mass is 326 g/mol. The van der Waals surface area contributed by atoms with Crippen LogP contribution < -0.4 is 11.2 Å². The highest BCUT2D eigenvalue weighted by Gasteiger charge is 2.01. The largest absolute Gasteiger partial charge is 0.367 e. The van der Waals surface area contributed by atoms with Gasteiger partial charge < -0.3 is 10.3 Å². The van der Waals surface area contributed by atoms with Crippen LogP contribution in [0.5, 0.6) is 0 Å². The van der Waals surface area contributed by atoms with Crippen molar-refractivity contribution >= 4 is 23.8 Å². The average molecular weight is 327 g/mol. The molecular weight excluding hydrogens is 312 g/mol. The molecule has 0 saturated carbocycles. The highest BCUT2D eigenvalue weighted by molar-refractivity contribution is 6.30. The van der Waals surface area contributed by atoms with Crippen molar-refractivity contribution in [3.8, 4) is 5.69 Å². The minimum Gasteiger partial charge on any atom is -0.367 e. The SMILES string of the molecule is NC(=NN=Cc1cccn1-c1ccc(Cl)cc1)Nn1cccc1. The molecular formula is C16H15ClN6. The highest BCUT2D eigenvalue weighted by atomic mass is 35.5. The maximum absolute atomic E-state index is 5.91. The molecule has 3 rings (SSSR count). The third-order valence-corrected chi connectivity index (χ3v) is 3.34. The molecule has 0 amide bonds. The van der Waals surface area contributed by atoms with E-state index in [1.165, 1.54) is 0 Å². The lowest BCUT2D eigenvalue weighted by molar-refractivity contribution is 0.974. The van der Waals surface area contributed by atoms with E-state index in [1.807, 2.05) is 71.7 Å². The van der Waals surface area contributed by atoms with Gasteiger partial charge in [-0.1, -0.05) is 11.6 Å². The molecule has 6 nitrogen and oxygen atoms in total. The van der Waals surface area contributed by atoms with Crippen molar-refractivity contribution in [3.63, 3.8) is 0 Å². The Hall–Kier alpha value is -2.99. The standard InChI is InChI=1S/C16H15ClN6/c17-13-5-7-14(8-6-13)23-11-3-4-15(23)12-19-20-16(18)21-22-9-1-2-10-22/h1-12H,(H3,18,20,21). The van der Waals surface area contributed by atoms with Crippen LogP contribution in [0.3, 0.4) is 0 Å². The van der Waals surface area contributed by atoms with E-state index >= 15 is 0 Å². The van der Waals surface area contributed by atoms with Gasteiger partial charge >= 0.3 is 0 Å². The van der Waals surface area contributed by atoms with Crippen molar-refractivity contribution in [1.29, 1.82) is 0 Å². The zero-order valence-corrected chi connectivity index (χ0v) is 12.9. The number of guanidine groups is 1. The maximum atomic E-state index is 5.91. The summed E-state index contributed by atoms with van der Waals surface area (Å²) in [5, 5.41) is 8.63. The summed E-state index contributed by atoms with van der Waals surface area (Å²) >= 11 is 5.91. The number of aromatic nitrogens is 2. The Balaban J connectivity index is 1.73. The van der Waals surface area contributed by atoms with Crippen molar-refractivity contribution in [2.75, 3.05) is 5.43 Å². The maximum Gasteiger partial charge on any atom is 0.233 e.